The maximum Gasteiger partial charge on any atom is 0.0998 e. The molecule has 0 bridgehead atoms. The first-order valence-corrected chi connectivity index (χ1v) is 6.84. The van der Waals surface area contributed by atoms with E-state index in [1.165, 1.54) is 18.5 Å². The second kappa shape index (κ2) is 4.21. The monoisotopic (exact) mass is 259 g/mol. The lowest BCUT2D eigenvalue weighted by molar-refractivity contribution is 0.842. The zero-order chi connectivity index (χ0) is 13.5. The zero-order valence-corrected chi connectivity index (χ0v) is 11.0. The van der Waals surface area contributed by atoms with E-state index >= 15 is 0 Å². The van der Waals surface area contributed by atoms with Gasteiger partial charge in [-0.3, -0.25) is 0 Å². The minimum Gasteiger partial charge on any atom is -0.240 e. The minimum atomic E-state index is 0.654. The van der Waals surface area contributed by atoms with Crippen LogP contribution in [0.4, 0.5) is 0 Å². The molecule has 3 heteroatoms. The van der Waals surface area contributed by atoms with E-state index in [-0.39, 0.29) is 0 Å². The van der Waals surface area contributed by atoms with Gasteiger partial charge in [0.05, 0.1) is 23.0 Å². The summed E-state index contributed by atoms with van der Waals surface area (Å²) in [6, 6.07) is 16.2. The van der Waals surface area contributed by atoms with Gasteiger partial charge in [0.2, 0.25) is 0 Å². The maximum absolute atomic E-state index is 9.21. The molecule has 3 nitrogen and oxygen atoms in total. The van der Waals surface area contributed by atoms with Crippen LogP contribution in [0.5, 0.6) is 0 Å². The topological polar surface area (TPSA) is 41.6 Å². The van der Waals surface area contributed by atoms with E-state index < -0.39 is 0 Å². The van der Waals surface area contributed by atoms with Crippen LogP contribution >= 0.6 is 0 Å². The van der Waals surface area contributed by atoms with E-state index in [4.69, 9.17) is 0 Å². The summed E-state index contributed by atoms with van der Waals surface area (Å²) in [6.07, 6.45) is 4.53. The number of hydrogen-bond donors (Lipinski definition) is 0. The van der Waals surface area contributed by atoms with E-state index in [2.05, 4.69) is 17.2 Å². The van der Waals surface area contributed by atoms with Crippen LogP contribution < -0.4 is 0 Å². The standard InChI is InChI=1S/C17H13N3/c18-11-13-7-8-17(15-4-2-1-3-14(13)15)20-10-9-16(19-20)12-5-6-12/h1-4,7-10,12H,5-6H2. The van der Waals surface area contributed by atoms with Crippen LogP contribution in [0.3, 0.4) is 0 Å². The Morgan fingerprint density at radius 1 is 1.05 bits per heavy atom. The minimum absolute atomic E-state index is 0.654. The highest BCUT2D eigenvalue weighted by Gasteiger charge is 2.26. The Bertz CT molecular complexity index is 835. The van der Waals surface area contributed by atoms with Crippen molar-refractivity contribution in [2.45, 2.75) is 18.8 Å². The van der Waals surface area contributed by atoms with E-state index in [1.54, 1.807) is 0 Å². The van der Waals surface area contributed by atoms with Gasteiger partial charge in [-0.1, -0.05) is 24.3 Å². The van der Waals surface area contributed by atoms with Crippen LogP contribution in [0.1, 0.15) is 30.0 Å². The van der Waals surface area contributed by atoms with Crippen molar-refractivity contribution >= 4 is 10.8 Å². The molecule has 1 aromatic heterocycles. The van der Waals surface area contributed by atoms with Crippen LogP contribution in [-0.2, 0) is 0 Å². The van der Waals surface area contributed by atoms with Crippen LogP contribution in [0.15, 0.2) is 48.7 Å². The second-order valence-corrected chi connectivity index (χ2v) is 5.25. The molecule has 0 N–H and O–H groups in total. The summed E-state index contributed by atoms with van der Waals surface area (Å²) in [6.45, 7) is 0. The third-order valence-electron chi connectivity index (χ3n) is 3.87. The highest BCUT2D eigenvalue weighted by Crippen LogP contribution is 2.39. The molecule has 20 heavy (non-hydrogen) atoms. The summed E-state index contributed by atoms with van der Waals surface area (Å²) in [5, 5.41) is 15.9. The molecule has 4 rings (SSSR count). The third kappa shape index (κ3) is 1.70. The van der Waals surface area contributed by atoms with Crippen molar-refractivity contribution in [3.05, 3.63) is 59.9 Å². The Hall–Kier alpha value is -2.60. The molecular formula is C17H13N3. The number of nitriles is 1. The summed E-state index contributed by atoms with van der Waals surface area (Å²) >= 11 is 0. The van der Waals surface area contributed by atoms with Gasteiger partial charge < -0.3 is 0 Å². The molecular weight excluding hydrogens is 246 g/mol. The molecule has 3 aromatic rings. The van der Waals surface area contributed by atoms with Gasteiger partial charge in [-0.05, 0) is 31.0 Å². The quantitative estimate of drug-likeness (QED) is 0.703. The number of hydrogen-bond acceptors (Lipinski definition) is 2. The Kier molecular flexibility index (Phi) is 2.37. The van der Waals surface area contributed by atoms with E-state index in [0.29, 0.717) is 11.5 Å². The average Bonchev–Trinajstić information content (AvgIpc) is 3.24. The molecule has 96 valence electrons. The fourth-order valence-electron chi connectivity index (χ4n) is 2.65. The predicted molar refractivity (Wildman–Crippen MR) is 77.8 cm³/mol. The molecule has 0 radical (unpaired) electrons. The summed E-state index contributed by atoms with van der Waals surface area (Å²) in [5.41, 5.74) is 2.92. The zero-order valence-electron chi connectivity index (χ0n) is 11.0. The highest BCUT2D eigenvalue weighted by molar-refractivity contribution is 5.94. The van der Waals surface area contributed by atoms with Gasteiger partial charge in [0.15, 0.2) is 0 Å². The normalized spacial score (nSPS) is 14.3. The molecule has 1 fully saturated rings. The summed E-state index contributed by atoms with van der Waals surface area (Å²) in [7, 11) is 0. The molecule has 0 spiro atoms. The van der Waals surface area contributed by atoms with Gasteiger partial charge in [-0.15, -0.1) is 0 Å². The highest BCUT2D eigenvalue weighted by atomic mass is 15.3. The molecule has 0 atom stereocenters. The molecule has 0 amide bonds. The molecule has 0 aliphatic heterocycles. The molecule has 0 unspecified atom stereocenters. The number of benzene rings is 2. The maximum atomic E-state index is 9.21. The number of aromatic nitrogens is 2. The molecule has 1 aliphatic carbocycles. The van der Waals surface area contributed by atoms with Crippen LogP contribution in [-0.4, -0.2) is 9.78 Å². The van der Waals surface area contributed by atoms with Crippen molar-refractivity contribution in [1.29, 1.82) is 5.26 Å². The fraction of sp³-hybridized carbons (Fsp3) is 0.176. The van der Waals surface area contributed by atoms with E-state index in [1.807, 2.05) is 47.3 Å². The van der Waals surface area contributed by atoms with Crippen molar-refractivity contribution in [2.75, 3.05) is 0 Å². The summed E-state index contributed by atoms with van der Waals surface area (Å²) in [4.78, 5) is 0. The Morgan fingerprint density at radius 2 is 1.85 bits per heavy atom. The van der Waals surface area contributed by atoms with Gasteiger partial charge in [0.1, 0.15) is 0 Å². The molecule has 1 saturated carbocycles. The van der Waals surface area contributed by atoms with Gasteiger partial charge in [0, 0.05) is 22.9 Å². The van der Waals surface area contributed by atoms with E-state index in [0.717, 1.165) is 16.5 Å². The van der Waals surface area contributed by atoms with Crippen LogP contribution in [0.2, 0.25) is 0 Å². The van der Waals surface area contributed by atoms with Crippen molar-refractivity contribution in [1.82, 2.24) is 9.78 Å². The fourth-order valence-corrected chi connectivity index (χ4v) is 2.65. The Morgan fingerprint density at radius 3 is 2.60 bits per heavy atom. The lowest BCUT2D eigenvalue weighted by atomic mass is 10.0. The number of nitrogens with zero attached hydrogens (tertiary/aromatic N) is 3. The Balaban J connectivity index is 1.93. The third-order valence-corrected chi connectivity index (χ3v) is 3.87. The van der Waals surface area contributed by atoms with Crippen LogP contribution in [0, 0.1) is 11.3 Å². The Labute approximate surface area is 117 Å². The van der Waals surface area contributed by atoms with E-state index in [9.17, 15) is 5.26 Å². The van der Waals surface area contributed by atoms with Gasteiger partial charge in [-0.25, -0.2) is 4.68 Å². The van der Waals surface area contributed by atoms with Gasteiger partial charge in [-0.2, -0.15) is 10.4 Å². The molecule has 2 aromatic carbocycles. The number of fused-ring (bicyclic) bond motifs is 1. The largest absolute Gasteiger partial charge is 0.240 e. The first-order valence-electron chi connectivity index (χ1n) is 6.84. The van der Waals surface area contributed by atoms with Crippen LogP contribution in [0.25, 0.3) is 16.5 Å². The molecule has 1 heterocycles. The lowest BCUT2D eigenvalue weighted by Crippen LogP contribution is -1.97. The van der Waals surface area contributed by atoms with Gasteiger partial charge in [0.25, 0.3) is 0 Å². The smallest absolute Gasteiger partial charge is 0.0998 e. The molecule has 0 saturated heterocycles. The van der Waals surface area contributed by atoms with Crippen molar-refractivity contribution in [3.8, 4) is 11.8 Å². The summed E-state index contributed by atoms with van der Waals surface area (Å²) in [5.74, 6) is 0.654. The lowest BCUT2D eigenvalue weighted by Gasteiger charge is -2.08. The first-order chi connectivity index (χ1) is 9.86. The summed E-state index contributed by atoms with van der Waals surface area (Å²) < 4.78 is 1.93. The van der Waals surface area contributed by atoms with Crippen molar-refractivity contribution in [2.24, 2.45) is 0 Å². The SMILES string of the molecule is N#Cc1ccc(-n2ccc(C3CC3)n2)c2ccccc12. The average molecular weight is 259 g/mol. The van der Waals surface area contributed by atoms with Crippen molar-refractivity contribution in [3.63, 3.8) is 0 Å². The predicted octanol–water partition coefficient (Wildman–Crippen LogP) is 3.77. The number of rotatable bonds is 2. The second-order valence-electron chi connectivity index (χ2n) is 5.25. The van der Waals surface area contributed by atoms with Crippen molar-refractivity contribution < 1.29 is 0 Å². The molecule has 1 aliphatic rings. The van der Waals surface area contributed by atoms with Gasteiger partial charge >= 0.3 is 0 Å². The first kappa shape index (κ1) is 11.2.